The molecule has 0 aliphatic heterocycles. The molecule has 0 saturated carbocycles. The van der Waals surface area contributed by atoms with Gasteiger partial charge in [-0.3, -0.25) is 0 Å². The molecule has 0 spiro atoms. The smallest absolute Gasteiger partial charge is 0.127 e. The molecule has 0 aliphatic rings. The minimum Gasteiger partial charge on any atom is -0.493 e. The van der Waals surface area contributed by atoms with E-state index in [2.05, 4.69) is 13.0 Å². The Morgan fingerprint density at radius 2 is 1.55 bits per heavy atom. The number of benzene rings is 2. The van der Waals surface area contributed by atoms with Crippen molar-refractivity contribution in [2.75, 3.05) is 12.3 Å². The molecule has 0 amide bonds. The zero-order valence-corrected chi connectivity index (χ0v) is 12.4. The van der Waals surface area contributed by atoms with Crippen LogP contribution in [0.25, 0.3) is 10.8 Å². The summed E-state index contributed by atoms with van der Waals surface area (Å²) in [4.78, 5) is 0. The first-order valence-corrected chi connectivity index (χ1v) is 7.73. The summed E-state index contributed by atoms with van der Waals surface area (Å²) >= 11 is 0. The maximum atomic E-state index is 5.99. The van der Waals surface area contributed by atoms with Crippen LogP contribution in [0.1, 0.15) is 45.4 Å². The Balaban J connectivity index is 1.86. The zero-order chi connectivity index (χ0) is 14.2. The molecule has 108 valence electrons. The van der Waals surface area contributed by atoms with Gasteiger partial charge in [-0.15, -0.1) is 0 Å². The molecule has 0 aromatic heterocycles. The average molecular weight is 271 g/mol. The number of unbranched alkanes of at least 4 members (excludes halogenated alkanes) is 5. The Kier molecular flexibility index (Phi) is 5.72. The highest BCUT2D eigenvalue weighted by Crippen LogP contribution is 2.29. The number of nitrogens with two attached hydrogens (primary N) is 1. The summed E-state index contributed by atoms with van der Waals surface area (Å²) in [6.45, 7) is 3.04. The first-order valence-electron chi connectivity index (χ1n) is 7.73. The summed E-state index contributed by atoms with van der Waals surface area (Å²) in [7, 11) is 0. The molecular weight excluding hydrogens is 246 g/mol. The number of fused-ring (bicyclic) bond motifs is 1. The Morgan fingerprint density at radius 1 is 0.850 bits per heavy atom. The van der Waals surface area contributed by atoms with E-state index in [0.29, 0.717) is 0 Å². The van der Waals surface area contributed by atoms with E-state index in [0.717, 1.165) is 35.2 Å². The minimum atomic E-state index is 0.792. The third-order valence-electron chi connectivity index (χ3n) is 3.67. The van der Waals surface area contributed by atoms with Crippen molar-refractivity contribution in [3.8, 4) is 5.75 Å². The predicted octanol–water partition coefficient (Wildman–Crippen LogP) is 5.16. The van der Waals surface area contributed by atoms with Crippen molar-refractivity contribution in [3.05, 3.63) is 36.4 Å². The molecule has 2 heteroatoms. The van der Waals surface area contributed by atoms with Crippen LogP contribution in [-0.2, 0) is 0 Å². The summed E-state index contributed by atoms with van der Waals surface area (Å²) in [6.07, 6.45) is 7.70. The van der Waals surface area contributed by atoms with Crippen molar-refractivity contribution < 1.29 is 4.74 Å². The van der Waals surface area contributed by atoms with E-state index in [1.165, 1.54) is 32.1 Å². The van der Waals surface area contributed by atoms with Crippen molar-refractivity contribution in [2.45, 2.75) is 45.4 Å². The first kappa shape index (κ1) is 14.7. The Hall–Kier alpha value is -1.70. The summed E-state index contributed by atoms with van der Waals surface area (Å²) in [6, 6.07) is 12.1. The first-order chi connectivity index (χ1) is 9.83. The van der Waals surface area contributed by atoms with Crippen LogP contribution in [0.4, 0.5) is 5.69 Å². The molecule has 2 aromatic rings. The SMILES string of the molecule is CCCCCCCCOc1ccc(N)c2ccccc12. The molecule has 2 aromatic carbocycles. The number of ether oxygens (including phenoxy) is 1. The second-order valence-corrected chi connectivity index (χ2v) is 5.31. The molecule has 0 heterocycles. The minimum absolute atomic E-state index is 0.792. The van der Waals surface area contributed by atoms with Gasteiger partial charge < -0.3 is 10.5 Å². The van der Waals surface area contributed by atoms with Gasteiger partial charge in [0.05, 0.1) is 6.61 Å². The van der Waals surface area contributed by atoms with E-state index in [1.54, 1.807) is 0 Å². The van der Waals surface area contributed by atoms with Crippen LogP contribution in [-0.4, -0.2) is 6.61 Å². The molecule has 20 heavy (non-hydrogen) atoms. The number of hydrogen-bond acceptors (Lipinski definition) is 2. The van der Waals surface area contributed by atoms with Crippen molar-refractivity contribution in [3.63, 3.8) is 0 Å². The van der Waals surface area contributed by atoms with Crippen molar-refractivity contribution in [1.29, 1.82) is 0 Å². The summed E-state index contributed by atoms with van der Waals surface area (Å²) < 4.78 is 5.93. The zero-order valence-electron chi connectivity index (χ0n) is 12.4. The van der Waals surface area contributed by atoms with Gasteiger partial charge in [0.15, 0.2) is 0 Å². The van der Waals surface area contributed by atoms with Crippen LogP contribution in [0.5, 0.6) is 5.75 Å². The molecule has 0 atom stereocenters. The van der Waals surface area contributed by atoms with Gasteiger partial charge in [0.25, 0.3) is 0 Å². The lowest BCUT2D eigenvalue weighted by atomic mass is 10.1. The Morgan fingerprint density at radius 3 is 2.35 bits per heavy atom. The van der Waals surface area contributed by atoms with Crippen molar-refractivity contribution >= 4 is 16.5 Å². The number of anilines is 1. The van der Waals surface area contributed by atoms with Crippen LogP contribution in [0.2, 0.25) is 0 Å². The number of nitrogen functional groups attached to an aromatic ring is 1. The van der Waals surface area contributed by atoms with Gasteiger partial charge in [0.1, 0.15) is 5.75 Å². The summed E-state index contributed by atoms with van der Waals surface area (Å²) in [5.74, 6) is 0.948. The summed E-state index contributed by atoms with van der Waals surface area (Å²) in [5.41, 5.74) is 6.80. The maximum absolute atomic E-state index is 5.99. The van der Waals surface area contributed by atoms with Gasteiger partial charge in [-0.1, -0.05) is 63.3 Å². The van der Waals surface area contributed by atoms with E-state index in [9.17, 15) is 0 Å². The third-order valence-corrected chi connectivity index (χ3v) is 3.67. The molecule has 2 rings (SSSR count). The second kappa shape index (κ2) is 7.78. The fourth-order valence-corrected chi connectivity index (χ4v) is 2.49. The lowest BCUT2D eigenvalue weighted by molar-refractivity contribution is 0.308. The highest BCUT2D eigenvalue weighted by Gasteiger charge is 2.04. The third kappa shape index (κ3) is 3.89. The van der Waals surface area contributed by atoms with Crippen LogP contribution in [0.3, 0.4) is 0 Å². The fourth-order valence-electron chi connectivity index (χ4n) is 2.49. The normalized spacial score (nSPS) is 10.8. The van der Waals surface area contributed by atoms with Crippen molar-refractivity contribution in [2.24, 2.45) is 0 Å². The van der Waals surface area contributed by atoms with E-state index < -0.39 is 0 Å². The second-order valence-electron chi connectivity index (χ2n) is 5.31. The highest BCUT2D eigenvalue weighted by atomic mass is 16.5. The Labute approximate surface area is 121 Å². The maximum Gasteiger partial charge on any atom is 0.127 e. The number of rotatable bonds is 8. The predicted molar refractivity (Wildman–Crippen MR) is 87.2 cm³/mol. The van der Waals surface area contributed by atoms with Gasteiger partial charge in [-0.25, -0.2) is 0 Å². The van der Waals surface area contributed by atoms with Gasteiger partial charge in [0.2, 0.25) is 0 Å². The topological polar surface area (TPSA) is 35.2 Å². The van der Waals surface area contributed by atoms with Gasteiger partial charge in [-0.2, -0.15) is 0 Å². The van der Waals surface area contributed by atoms with E-state index in [1.807, 2.05) is 30.3 Å². The quantitative estimate of drug-likeness (QED) is 0.531. The van der Waals surface area contributed by atoms with E-state index >= 15 is 0 Å². The largest absolute Gasteiger partial charge is 0.493 e. The van der Waals surface area contributed by atoms with Crippen LogP contribution in [0.15, 0.2) is 36.4 Å². The highest BCUT2D eigenvalue weighted by molar-refractivity contribution is 5.96. The molecule has 2 N–H and O–H groups in total. The standard InChI is InChI=1S/C18H25NO/c1-2-3-4-5-6-9-14-20-18-13-12-17(19)15-10-7-8-11-16(15)18/h7-8,10-13H,2-6,9,14,19H2,1H3. The number of hydrogen-bond donors (Lipinski definition) is 1. The van der Waals surface area contributed by atoms with Gasteiger partial charge in [-0.05, 0) is 18.6 Å². The molecular formula is C18H25NO. The van der Waals surface area contributed by atoms with E-state index in [-0.39, 0.29) is 0 Å². The lowest BCUT2D eigenvalue weighted by Crippen LogP contribution is -1.98. The van der Waals surface area contributed by atoms with Gasteiger partial charge >= 0.3 is 0 Å². The molecule has 0 fully saturated rings. The molecule has 0 radical (unpaired) electrons. The molecule has 0 bridgehead atoms. The fraction of sp³-hybridized carbons (Fsp3) is 0.444. The van der Waals surface area contributed by atoms with Crippen LogP contribution in [0, 0.1) is 0 Å². The average Bonchev–Trinajstić information content (AvgIpc) is 2.49. The Bertz CT molecular complexity index is 536. The van der Waals surface area contributed by atoms with E-state index in [4.69, 9.17) is 10.5 Å². The molecule has 2 nitrogen and oxygen atoms in total. The molecule has 0 saturated heterocycles. The van der Waals surface area contributed by atoms with Crippen LogP contribution >= 0.6 is 0 Å². The van der Waals surface area contributed by atoms with Gasteiger partial charge in [0, 0.05) is 16.5 Å². The van der Waals surface area contributed by atoms with Crippen LogP contribution < -0.4 is 10.5 Å². The van der Waals surface area contributed by atoms with Crippen molar-refractivity contribution in [1.82, 2.24) is 0 Å². The lowest BCUT2D eigenvalue weighted by Gasteiger charge is -2.10. The molecule has 0 unspecified atom stereocenters. The molecule has 0 aliphatic carbocycles. The monoisotopic (exact) mass is 271 g/mol. The summed E-state index contributed by atoms with van der Waals surface area (Å²) in [5, 5.41) is 2.19.